The molecule has 0 amide bonds. The predicted octanol–water partition coefficient (Wildman–Crippen LogP) is 3.08. The first kappa shape index (κ1) is 13.6. The van der Waals surface area contributed by atoms with Gasteiger partial charge in [0.25, 0.3) is 0 Å². The molecule has 0 spiro atoms. The van der Waals surface area contributed by atoms with Crippen molar-refractivity contribution in [2.45, 2.75) is 6.42 Å². The van der Waals surface area contributed by atoms with E-state index in [1.165, 1.54) is 30.5 Å². The van der Waals surface area contributed by atoms with Gasteiger partial charge in [-0.1, -0.05) is 0 Å². The molecule has 0 saturated heterocycles. The number of halogens is 2. The molecule has 1 aromatic carbocycles. The summed E-state index contributed by atoms with van der Waals surface area (Å²) in [5.41, 5.74) is 7.97. The molecule has 106 valence electrons. The molecule has 2 aromatic heterocycles. The number of aromatic nitrogens is 2. The molecule has 3 nitrogen and oxygen atoms in total. The van der Waals surface area contributed by atoms with Crippen molar-refractivity contribution in [3.05, 3.63) is 59.8 Å². The molecule has 2 N–H and O–H groups in total. The predicted molar refractivity (Wildman–Crippen MR) is 77.6 cm³/mol. The van der Waals surface area contributed by atoms with Gasteiger partial charge in [0.2, 0.25) is 0 Å². The van der Waals surface area contributed by atoms with Gasteiger partial charge in [0.15, 0.2) is 0 Å². The van der Waals surface area contributed by atoms with Gasteiger partial charge in [-0.15, -0.1) is 0 Å². The minimum Gasteiger partial charge on any atom is -0.330 e. The van der Waals surface area contributed by atoms with E-state index in [2.05, 4.69) is 9.97 Å². The second-order valence-corrected chi connectivity index (χ2v) is 4.73. The molecule has 3 rings (SSSR count). The Labute approximate surface area is 120 Å². The second kappa shape index (κ2) is 5.54. The van der Waals surface area contributed by atoms with Crippen LogP contribution in [0.3, 0.4) is 0 Å². The van der Waals surface area contributed by atoms with Gasteiger partial charge >= 0.3 is 0 Å². The average molecular weight is 285 g/mol. The summed E-state index contributed by atoms with van der Waals surface area (Å²) in [6, 6.07) is 8.89. The topological polar surface area (TPSA) is 51.8 Å². The first-order valence-corrected chi connectivity index (χ1v) is 6.58. The van der Waals surface area contributed by atoms with Crippen LogP contribution in [-0.2, 0) is 6.42 Å². The summed E-state index contributed by atoms with van der Waals surface area (Å²) < 4.78 is 26.7. The van der Waals surface area contributed by atoms with Crippen LogP contribution < -0.4 is 5.73 Å². The van der Waals surface area contributed by atoms with Gasteiger partial charge in [0, 0.05) is 23.7 Å². The molecule has 3 aromatic rings. The average Bonchev–Trinajstić information content (AvgIpc) is 2.47. The Hall–Kier alpha value is -2.40. The minimum atomic E-state index is -0.389. The molecule has 0 atom stereocenters. The maximum Gasteiger partial charge on any atom is 0.126 e. The van der Waals surface area contributed by atoms with Crippen LogP contribution in [-0.4, -0.2) is 16.5 Å². The lowest BCUT2D eigenvalue weighted by Gasteiger charge is -2.10. The summed E-state index contributed by atoms with van der Waals surface area (Å²) in [4.78, 5) is 8.59. The molecule has 5 heteroatoms. The third-order valence-corrected chi connectivity index (χ3v) is 3.24. The van der Waals surface area contributed by atoms with E-state index in [9.17, 15) is 8.78 Å². The Bertz CT molecular complexity index is 803. The molecule has 0 aliphatic rings. The van der Waals surface area contributed by atoms with Crippen LogP contribution in [0.5, 0.6) is 0 Å². The summed E-state index contributed by atoms with van der Waals surface area (Å²) in [5.74, 6) is -0.750. The monoisotopic (exact) mass is 285 g/mol. The van der Waals surface area contributed by atoms with Crippen molar-refractivity contribution in [2.24, 2.45) is 5.73 Å². The lowest BCUT2D eigenvalue weighted by atomic mass is 10.0. The maximum atomic E-state index is 13.4. The summed E-state index contributed by atoms with van der Waals surface area (Å²) in [6.45, 7) is 0.441. The number of pyridine rings is 2. The molecule has 0 radical (unpaired) electrons. The van der Waals surface area contributed by atoms with Gasteiger partial charge in [-0.25, -0.2) is 13.8 Å². The van der Waals surface area contributed by atoms with E-state index in [-0.39, 0.29) is 11.6 Å². The van der Waals surface area contributed by atoms with Crippen molar-refractivity contribution in [1.82, 2.24) is 9.97 Å². The Morgan fingerprint density at radius 3 is 2.57 bits per heavy atom. The van der Waals surface area contributed by atoms with E-state index in [0.29, 0.717) is 29.9 Å². The van der Waals surface area contributed by atoms with E-state index >= 15 is 0 Å². The lowest BCUT2D eigenvalue weighted by molar-refractivity contribution is 0.626. The highest BCUT2D eigenvalue weighted by Crippen LogP contribution is 2.25. The number of nitrogens with two attached hydrogens (primary N) is 1. The normalized spacial score (nSPS) is 11.0. The van der Waals surface area contributed by atoms with Gasteiger partial charge < -0.3 is 5.73 Å². The highest BCUT2D eigenvalue weighted by Gasteiger charge is 2.11. The molecule has 0 unspecified atom stereocenters. The zero-order valence-electron chi connectivity index (χ0n) is 11.2. The zero-order chi connectivity index (χ0) is 14.8. The van der Waals surface area contributed by atoms with Gasteiger partial charge in [0.1, 0.15) is 11.6 Å². The Morgan fingerprint density at radius 1 is 1.00 bits per heavy atom. The largest absolute Gasteiger partial charge is 0.330 e. The van der Waals surface area contributed by atoms with E-state index in [1.807, 2.05) is 6.07 Å². The van der Waals surface area contributed by atoms with Crippen LogP contribution in [0.4, 0.5) is 8.78 Å². The summed E-state index contributed by atoms with van der Waals surface area (Å²) in [5, 5.41) is 0.819. The van der Waals surface area contributed by atoms with Crippen LogP contribution in [0.1, 0.15) is 5.56 Å². The molecular formula is C16H13F2N3. The quantitative estimate of drug-likeness (QED) is 0.804. The maximum absolute atomic E-state index is 13.4. The van der Waals surface area contributed by atoms with Crippen LogP contribution in [0.25, 0.3) is 22.3 Å². The van der Waals surface area contributed by atoms with Gasteiger partial charge in [-0.05, 0) is 42.8 Å². The lowest BCUT2D eigenvalue weighted by Crippen LogP contribution is -2.06. The van der Waals surface area contributed by atoms with Crippen LogP contribution in [0.15, 0.2) is 42.6 Å². The molecule has 0 saturated carbocycles. The Morgan fingerprint density at radius 2 is 1.81 bits per heavy atom. The smallest absolute Gasteiger partial charge is 0.126 e. The van der Waals surface area contributed by atoms with Crippen molar-refractivity contribution in [3.8, 4) is 11.4 Å². The van der Waals surface area contributed by atoms with Gasteiger partial charge in [0.05, 0.1) is 16.9 Å². The summed E-state index contributed by atoms with van der Waals surface area (Å²) >= 11 is 0. The standard InChI is InChI=1S/C16H13F2N3/c17-12-2-1-10-7-11(3-5-19)16(21-14(10)8-12)15-9-13(18)4-6-20-15/h1-2,4,6-9H,3,5,19H2. The summed E-state index contributed by atoms with van der Waals surface area (Å²) in [7, 11) is 0. The van der Waals surface area contributed by atoms with Crippen molar-refractivity contribution >= 4 is 10.9 Å². The minimum absolute atomic E-state index is 0.361. The van der Waals surface area contributed by atoms with Crippen molar-refractivity contribution in [2.75, 3.05) is 6.54 Å². The molecule has 0 bridgehead atoms. The van der Waals surface area contributed by atoms with Crippen LogP contribution >= 0.6 is 0 Å². The third-order valence-electron chi connectivity index (χ3n) is 3.24. The van der Waals surface area contributed by atoms with Crippen LogP contribution in [0.2, 0.25) is 0 Å². The fraction of sp³-hybridized carbons (Fsp3) is 0.125. The number of hydrogen-bond acceptors (Lipinski definition) is 3. The Kier molecular flexibility index (Phi) is 3.58. The number of rotatable bonds is 3. The SMILES string of the molecule is NCCc1cc2ccc(F)cc2nc1-c1cc(F)ccn1. The van der Waals surface area contributed by atoms with Crippen molar-refractivity contribution < 1.29 is 8.78 Å². The number of fused-ring (bicyclic) bond motifs is 1. The molecule has 0 aliphatic heterocycles. The van der Waals surface area contributed by atoms with Crippen LogP contribution in [0, 0.1) is 11.6 Å². The van der Waals surface area contributed by atoms with Crippen molar-refractivity contribution in [1.29, 1.82) is 0 Å². The fourth-order valence-corrected chi connectivity index (χ4v) is 2.29. The zero-order valence-corrected chi connectivity index (χ0v) is 11.2. The number of benzene rings is 1. The number of nitrogens with zero attached hydrogens (tertiary/aromatic N) is 2. The third kappa shape index (κ3) is 2.73. The highest BCUT2D eigenvalue weighted by molar-refractivity contribution is 5.82. The number of hydrogen-bond donors (Lipinski definition) is 1. The van der Waals surface area contributed by atoms with E-state index in [1.54, 1.807) is 6.07 Å². The van der Waals surface area contributed by atoms with Gasteiger partial charge in [-0.2, -0.15) is 0 Å². The summed E-state index contributed by atoms with van der Waals surface area (Å²) in [6.07, 6.45) is 1.97. The second-order valence-electron chi connectivity index (χ2n) is 4.73. The fourth-order valence-electron chi connectivity index (χ4n) is 2.29. The first-order valence-electron chi connectivity index (χ1n) is 6.58. The molecule has 2 heterocycles. The Balaban J connectivity index is 2.25. The van der Waals surface area contributed by atoms with Gasteiger partial charge in [-0.3, -0.25) is 4.98 Å². The van der Waals surface area contributed by atoms with E-state index in [4.69, 9.17) is 5.73 Å². The highest BCUT2D eigenvalue weighted by atomic mass is 19.1. The van der Waals surface area contributed by atoms with E-state index < -0.39 is 0 Å². The molecule has 0 fully saturated rings. The molecule has 21 heavy (non-hydrogen) atoms. The van der Waals surface area contributed by atoms with Crippen molar-refractivity contribution in [3.63, 3.8) is 0 Å². The first-order chi connectivity index (χ1) is 10.2. The van der Waals surface area contributed by atoms with E-state index in [0.717, 1.165) is 10.9 Å². The molecule has 0 aliphatic carbocycles. The molecular weight excluding hydrogens is 272 g/mol.